The van der Waals surface area contributed by atoms with E-state index in [-0.39, 0.29) is 6.61 Å². The zero-order valence-electron chi connectivity index (χ0n) is 14.6. The molecule has 0 fully saturated rings. The Morgan fingerprint density at radius 2 is 1.92 bits per heavy atom. The molecule has 0 aliphatic carbocycles. The molecule has 0 saturated heterocycles. The summed E-state index contributed by atoms with van der Waals surface area (Å²) in [5, 5.41) is 16.0. The third-order valence-corrected chi connectivity index (χ3v) is 4.15. The molecular weight excluding hydrogens is 334 g/mol. The number of hydrogen-bond donors (Lipinski definition) is 1. The Labute approximate surface area is 150 Å². The van der Waals surface area contributed by atoms with Crippen LogP contribution in [0.2, 0.25) is 0 Å². The zero-order chi connectivity index (χ0) is 18.7. The molecule has 0 aliphatic heterocycles. The third-order valence-electron chi connectivity index (χ3n) is 4.15. The normalized spacial score (nSPS) is 11.7. The van der Waals surface area contributed by atoms with Crippen molar-refractivity contribution in [3.63, 3.8) is 0 Å². The first-order valence-corrected chi connectivity index (χ1v) is 8.36. The van der Waals surface area contributed by atoms with Crippen LogP contribution in [0.15, 0.2) is 54.4 Å². The van der Waals surface area contributed by atoms with E-state index in [4.69, 9.17) is 4.74 Å². The van der Waals surface area contributed by atoms with Crippen molar-refractivity contribution in [1.82, 2.24) is 4.57 Å². The molecule has 7 nitrogen and oxygen atoms in total. The largest absolute Gasteiger partial charge is 0.458 e. The van der Waals surface area contributed by atoms with Crippen LogP contribution in [-0.4, -0.2) is 22.1 Å². The van der Waals surface area contributed by atoms with Crippen molar-refractivity contribution in [2.75, 3.05) is 11.9 Å². The summed E-state index contributed by atoms with van der Waals surface area (Å²) in [7, 11) is 0. The lowest BCUT2D eigenvalue weighted by atomic mass is 10.1. The summed E-state index contributed by atoms with van der Waals surface area (Å²) in [5.41, 5.74) is 2.24. The summed E-state index contributed by atoms with van der Waals surface area (Å²) in [5.74, 6) is -0.964. The average Bonchev–Trinajstić information content (AvgIpc) is 2.95. The maximum absolute atomic E-state index is 11.7. The molecular formula is C19H19N3O4. The van der Waals surface area contributed by atoms with Crippen LogP contribution in [-0.2, 0) is 16.1 Å². The fraction of sp³-hybridized carbons (Fsp3) is 0.211. The number of nitro groups is 1. The Hall–Kier alpha value is -3.35. The molecule has 0 saturated carbocycles. The van der Waals surface area contributed by atoms with E-state index in [9.17, 15) is 14.9 Å². The SMILES string of the molecule is CCOC(=O)/C(=C/Nc1ccc2c(c1)c1ccccc1n2CC)[N+](=O)[O-]. The van der Waals surface area contributed by atoms with E-state index in [1.54, 1.807) is 6.92 Å². The number of anilines is 1. The van der Waals surface area contributed by atoms with E-state index in [1.165, 1.54) is 0 Å². The van der Waals surface area contributed by atoms with Gasteiger partial charge in [-0.25, -0.2) is 4.79 Å². The molecule has 26 heavy (non-hydrogen) atoms. The van der Waals surface area contributed by atoms with Gasteiger partial charge in [-0.1, -0.05) is 18.2 Å². The van der Waals surface area contributed by atoms with E-state index >= 15 is 0 Å². The number of fused-ring (bicyclic) bond motifs is 3. The second kappa shape index (κ2) is 7.26. The molecule has 3 aromatic rings. The predicted octanol–water partition coefficient (Wildman–Crippen LogP) is 3.91. The van der Waals surface area contributed by atoms with E-state index in [1.807, 2.05) is 36.4 Å². The Kier molecular flexibility index (Phi) is 4.88. The van der Waals surface area contributed by atoms with Gasteiger partial charge in [0.15, 0.2) is 0 Å². The van der Waals surface area contributed by atoms with Crippen LogP contribution in [0.1, 0.15) is 13.8 Å². The number of nitrogens with zero attached hydrogens (tertiary/aromatic N) is 2. The van der Waals surface area contributed by atoms with Crippen molar-refractivity contribution in [2.45, 2.75) is 20.4 Å². The number of ether oxygens (including phenoxy) is 1. The minimum Gasteiger partial charge on any atom is -0.458 e. The predicted molar refractivity (Wildman–Crippen MR) is 100 cm³/mol. The summed E-state index contributed by atoms with van der Waals surface area (Å²) in [4.78, 5) is 22.0. The summed E-state index contributed by atoms with van der Waals surface area (Å²) < 4.78 is 6.92. The van der Waals surface area contributed by atoms with Crippen molar-refractivity contribution in [3.8, 4) is 0 Å². The number of rotatable bonds is 6. The van der Waals surface area contributed by atoms with E-state index in [2.05, 4.69) is 22.9 Å². The molecule has 7 heteroatoms. The molecule has 0 spiro atoms. The Bertz CT molecular complexity index is 1020. The van der Waals surface area contributed by atoms with Gasteiger partial charge in [-0.2, -0.15) is 0 Å². The molecule has 1 N–H and O–H groups in total. The third kappa shape index (κ3) is 3.11. The van der Waals surface area contributed by atoms with Gasteiger partial charge in [0.2, 0.25) is 0 Å². The van der Waals surface area contributed by atoms with Gasteiger partial charge < -0.3 is 14.6 Å². The lowest BCUT2D eigenvalue weighted by Gasteiger charge is -2.05. The molecule has 0 radical (unpaired) electrons. The molecule has 1 aromatic heterocycles. The highest BCUT2D eigenvalue weighted by atomic mass is 16.6. The second-order valence-electron chi connectivity index (χ2n) is 5.64. The monoisotopic (exact) mass is 353 g/mol. The number of esters is 1. The second-order valence-corrected chi connectivity index (χ2v) is 5.64. The first kappa shape index (κ1) is 17.5. The van der Waals surface area contributed by atoms with Gasteiger partial charge >= 0.3 is 11.7 Å². The van der Waals surface area contributed by atoms with E-state index in [0.717, 1.165) is 34.6 Å². The van der Waals surface area contributed by atoms with Crippen LogP contribution in [0.25, 0.3) is 21.8 Å². The van der Waals surface area contributed by atoms with Gasteiger partial charge in [-0.3, -0.25) is 10.1 Å². The molecule has 134 valence electrons. The summed E-state index contributed by atoms with van der Waals surface area (Å²) >= 11 is 0. The van der Waals surface area contributed by atoms with Crippen molar-refractivity contribution >= 4 is 33.5 Å². The van der Waals surface area contributed by atoms with Gasteiger partial charge in [0.1, 0.15) is 0 Å². The number of aryl methyl sites for hydroxylation is 1. The van der Waals surface area contributed by atoms with Gasteiger partial charge in [-0.15, -0.1) is 0 Å². The number of nitrogens with one attached hydrogen (secondary N) is 1. The van der Waals surface area contributed by atoms with Crippen molar-refractivity contribution < 1.29 is 14.5 Å². The molecule has 0 atom stereocenters. The molecule has 3 rings (SSSR count). The highest BCUT2D eigenvalue weighted by Crippen LogP contribution is 2.31. The zero-order valence-corrected chi connectivity index (χ0v) is 14.6. The van der Waals surface area contributed by atoms with Gasteiger partial charge in [0, 0.05) is 34.0 Å². The number of carbonyl (C=O) groups excluding carboxylic acids is 1. The van der Waals surface area contributed by atoms with Crippen molar-refractivity contribution in [3.05, 3.63) is 64.5 Å². The smallest absolute Gasteiger partial charge is 0.411 e. The number of aromatic nitrogens is 1. The highest BCUT2D eigenvalue weighted by molar-refractivity contribution is 6.09. The van der Waals surface area contributed by atoms with Gasteiger partial charge in [0.25, 0.3) is 0 Å². The van der Waals surface area contributed by atoms with E-state index < -0.39 is 16.6 Å². The molecule has 0 amide bonds. The number of hydrogen-bond acceptors (Lipinski definition) is 5. The highest BCUT2D eigenvalue weighted by Gasteiger charge is 2.23. The van der Waals surface area contributed by atoms with Gasteiger partial charge in [-0.05, 0) is 38.1 Å². The van der Waals surface area contributed by atoms with Gasteiger partial charge in [0.05, 0.1) is 17.7 Å². The van der Waals surface area contributed by atoms with Crippen molar-refractivity contribution in [1.29, 1.82) is 0 Å². The van der Waals surface area contributed by atoms with Crippen LogP contribution in [0.3, 0.4) is 0 Å². The molecule has 0 aliphatic rings. The standard InChI is InChI=1S/C19H19N3O4/c1-3-21-16-8-6-5-7-14(16)15-11-13(9-10-17(15)21)20-12-18(22(24)25)19(23)26-4-2/h5-12,20H,3-4H2,1-2H3/b18-12-. The number of benzene rings is 2. The van der Waals surface area contributed by atoms with Crippen molar-refractivity contribution in [2.24, 2.45) is 0 Å². The Morgan fingerprint density at radius 3 is 2.62 bits per heavy atom. The molecule has 0 bridgehead atoms. The molecule has 1 heterocycles. The number of carbonyl (C=O) groups is 1. The lowest BCUT2D eigenvalue weighted by Crippen LogP contribution is -2.16. The van der Waals surface area contributed by atoms with Crippen LogP contribution in [0.5, 0.6) is 0 Å². The topological polar surface area (TPSA) is 86.4 Å². The lowest BCUT2D eigenvalue weighted by molar-refractivity contribution is -0.421. The minimum absolute atomic E-state index is 0.0759. The molecule has 2 aromatic carbocycles. The quantitative estimate of drug-likeness (QED) is 0.314. The summed E-state index contributed by atoms with van der Waals surface area (Å²) in [6.07, 6.45) is 1.07. The first-order chi connectivity index (χ1) is 12.6. The summed E-state index contributed by atoms with van der Waals surface area (Å²) in [6.45, 7) is 4.60. The maximum Gasteiger partial charge on any atom is 0.411 e. The minimum atomic E-state index is -0.964. The fourth-order valence-corrected chi connectivity index (χ4v) is 3.03. The van der Waals surface area contributed by atoms with Crippen LogP contribution in [0, 0.1) is 10.1 Å². The maximum atomic E-state index is 11.7. The number of para-hydroxylation sites is 1. The first-order valence-electron chi connectivity index (χ1n) is 8.36. The van der Waals surface area contributed by atoms with E-state index in [0.29, 0.717) is 5.69 Å². The van der Waals surface area contributed by atoms with Crippen LogP contribution in [0.4, 0.5) is 5.69 Å². The summed E-state index contributed by atoms with van der Waals surface area (Å²) in [6, 6.07) is 13.8. The molecule has 0 unspecified atom stereocenters. The average molecular weight is 353 g/mol. The Morgan fingerprint density at radius 1 is 1.19 bits per heavy atom. The van der Waals surface area contributed by atoms with Crippen LogP contribution < -0.4 is 5.32 Å². The Balaban J connectivity index is 2.01. The fourth-order valence-electron chi connectivity index (χ4n) is 3.03. The van der Waals surface area contributed by atoms with Crippen LogP contribution >= 0.6 is 0 Å².